The van der Waals surface area contributed by atoms with Gasteiger partial charge in [0.1, 0.15) is 0 Å². The number of methoxy groups -OCH3 is 1. The zero-order valence-corrected chi connectivity index (χ0v) is 11.5. The second-order valence-electron chi connectivity index (χ2n) is 4.59. The molecule has 0 fully saturated rings. The van der Waals surface area contributed by atoms with Crippen LogP contribution in [0.25, 0.3) is 0 Å². The highest BCUT2D eigenvalue weighted by Crippen LogP contribution is 2.22. The Balaban J connectivity index is 2.21. The summed E-state index contributed by atoms with van der Waals surface area (Å²) >= 11 is 0. The fourth-order valence-electron chi connectivity index (χ4n) is 2.00. The summed E-state index contributed by atoms with van der Waals surface area (Å²) < 4.78 is 5.11. The Bertz CT molecular complexity index is 623. The summed E-state index contributed by atoms with van der Waals surface area (Å²) in [4.78, 5) is 10.9. The van der Waals surface area contributed by atoms with Crippen LogP contribution in [0.3, 0.4) is 0 Å². The van der Waals surface area contributed by atoms with Crippen molar-refractivity contribution in [2.24, 2.45) is 0 Å². The average Bonchev–Trinajstić information content (AvgIpc) is 2.42. The fourth-order valence-corrected chi connectivity index (χ4v) is 2.00. The first kappa shape index (κ1) is 14.1. The molecule has 0 saturated heterocycles. The van der Waals surface area contributed by atoms with Crippen molar-refractivity contribution >= 4 is 17.3 Å². The number of anilines is 2. The number of aromatic carboxylic acids is 1. The lowest BCUT2D eigenvalue weighted by molar-refractivity contribution is 0.0697. The lowest BCUT2D eigenvalue weighted by Crippen LogP contribution is -1.99. The molecule has 4 heteroatoms. The van der Waals surface area contributed by atoms with Crippen molar-refractivity contribution in [3.63, 3.8) is 0 Å². The van der Waals surface area contributed by atoms with Gasteiger partial charge in [-0.3, -0.25) is 0 Å². The van der Waals surface area contributed by atoms with E-state index < -0.39 is 5.97 Å². The monoisotopic (exact) mass is 271 g/mol. The Morgan fingerprint density at radius 1 is 1.25 bits per heavy atom. The molecule has 2 N–H and O–H groups in total. The van der Waals surface area contributed by atoms with Crippen LogP contribution in [0, 0.1) is 6.92 Å². The number of rotatable bonds is 5. The molecule has 4 nitrogen and oxygen atoms in total. The number of carboxylic acids is 1. The van der Waals surface area contributed by atoms with Gasteiger partial charge in [0.05, 0.1) is 12.2 Å². The molecule has 0 aliphatic carbocycles. The maximum Gasteiger partial charge on any atom is 0.335 e. The summed E-state index contributed by atoms with van der Waals surface area (Å²) in [6, 6.07) is 13.0. The van der Waals surface area contributed by atoms with Crippen LogP contribution >= 0.6 is 0 Å². The number of carbonyl (C=O) groups is 1. The number of carboxylic acid groups (broad SMARTS) is 1. The van der Waals surface area contributed by atoms with E-state index in [4.69, 9.17) is 9.84 Å². The van der Waals surface area contributed by atoms with Gasteiger partial charge in [0, 0.05) is 18.5 Å². The summed E-state index contributed by atoms with van der Waals surface area (Å²) in [5.74, 6) is -0.915. The topological polar surface area (TPSA) is 58.6 Å². The van der Waals surface area contributed by atoms with Crippen LogP contribution < -0.4 is 5.32 Å². The van der Waals surface area contributed by atoms with E-state index in [0.717, 1.165) is 22.5 Å². The molecule has 0 radical (unpaired) electrons. The summed E-state index contributed by atoms with van der Waals surface area (Å²) in [6.45, 7) is 2.44. The number of hydrogen-bond acceptors (Lipinski definition) is 3. The molecule has 20 heavy (non-hydrogen) atoms. The predicted molar refractivity (Wildman–Crippen MR) is 78.6 cm³/mol. The molecule has 2 aromatic rings. The van der Waals surface area contributed by atoms with Gasteiger partial charge in [-0.1, -0.05) is 12.1 Å². The Hall–Kier alpha value is -2.33. The van der Waals surface area contributed by atoms with E-state index >= 15 is 0 Å². The quantitative estimate of drug-likeness (QED) is 0.872. The molecule has 0 heterocycles. The van der Waals surface area contributed by atoms with Crippen LogP contribution in [-0.4, -0.2) is 18.2 Å². The molecule has 0 spiro atoms. The normalized spacial score (nSPS) is 10.3. The Morgan fingerprint density at radius 3 is 2.70 bits per heavy atom. The van der Waals surface area contributed by atoms with Crippen LogP contribution in [0.5, 0.6) is 0 Å². The number of benzene rings is 2. The van der Waals surface area contributed by atoms with Crippen molar-refractivity contribution in [3.8, 4) is 0 Å². The molecule has 104 valence electrons. The van der Waals surface area contributed by atoms with Crippen molar-refractivity contribution in [3.05, 3.63) is 59.2 Å². The van der Waals surface area contributed by atoms with Crippen molar-refractivity contribution in [2.75, 3.05) is 12.4 Å². The molecule has 0 aromatic heterocycles. The van der Waals surface area contributed by atoms with E-state index in [0.29, 0.717) is 12.2 Å². The SMILES string of the molecule is COCc1cccc(Nc2ccc(C(=O)O)cc2C)c1. The van der Waals surface area contributed by atoms with Crippen LogP contribution in [0.15, 0.2) is 42.5 Å². The van der Waals surface area contributed by atoms with Crippen molar-refractivity contribution in [1.29, 1.82) is 0 Å². The number of nitrogens with one attached hydrogen (secondary N) is 1. The van der Waals surface area contributed by atoms with Gasteiger partial charge in [-0.2, -0.15) is 0 Å². The van der Waals surface area contributed by atoms with E-state index in [1.54, 1.807) is 25.3 Å². The van der Waals surface area contributed by atoms with Gasteiger partial charge in [-0.25, -0.2) is 4.79 Å². The molecule has 0 aliphatic heterocycles. The van der Waals surface area contributed by atoms with Gasteiger partial charge >= 0.3 is 5.97 Å². The third kappa shape index (κ3) is 3.36. The summed E-state index contributed by atoms with van der Waals surface area (Å²) in [6.07, 6.45) is 0. The molecule has 0 bridgehead atoms. The molecule has 0 unspecified atom stereocenters. The second-order valence-corrected chi connectivity index (χ2v) is 4.59. The largest absolute Gasteiger partial charge is 0.478 e. The minimum Gasteiger partial charge on any atom is -0.478 e. The Morgan fingerprint density at radius 2 is 2.05 bits per heavy atom. The smallest absolute Gasteiger partial charge is 0.335 e. The summed E-state index contributed by atoms with van der Waals surface area (Å²) in [7, 11) is 1.66. The van der Waals surface area contributed by atoms with Gasteiger partial charge in [-0.15, -0.1) is 0 Å². The van der Waals surface area contributed by atoms with Crippen LogP contribution in [0.4, 0.5) is 11.4 Å². The number of aryl methyl sites for hydroxylation is 1. The van der Waals surface area contributed by atoms with E-state index in [9.17, 15) is 4.79 Å². The molecule has 2 aromatic carbocycles. The maximum atomic E-state index is 10.9. The van der Waals surface area contributed by atoms with E-state index in [1.165, 1.54) is 0 Å². The van der Waals surface area contributed by atoms with Gasteiger partial charge in [0.2, 0.25) is 0 Å². The highest BCUT2D eigenvalue weighted by Gasteiger charge is 2.06. The van der Waals surface area contributed by atoms with Gasteiger partial charge in [0.15, 0.2) is 0 Å². The second kappa shape index (κ2) is 6.21. The predicted octanol–water partition coefficient (Wildman–Crippen LogP) is 3.58. The zero-order valence-electron chi connectivity index (χ0n) is 11.5. The Kier molecular flexibility index (Phi) is 4.38. The third-order valence-electron chi connectivity index (χ3n) is 2.99. The van der Waals surface area contributed by atoms with Gasteiger partial charge < -0.3 is 15.2 Å². The third-order valence-corrected chi connectivity index (χ3v) is 2.99. The lowest BCUT2D eigenvalue weighted by atomic mass is 10.1. The van der Waals surface area contributed by atoms with Crippen molar-refractivity contribution < 1.29 is 14.6 Å². The summed E-state index contributed by atoms with van der Waals surface area (Å²) in [5, 5.41) is 12.2. The number of ether oxygens (including phenoxy) is 1. The molecule has 0 saturated carbocycles. The van der Waals surface area contributed by atoms with Crippen molar-refractivity contribution in [2.45, 2.75) is 13.5 Å². The minimum absolute atomic E-state index is 0.293. The van der Waals surface area contributed by atoms with Crippen LogP contribution in [0.1, 0.15) is 21.5 Å². The number of hydrogen-bond donors (Lipinski definition) is 2. The maximum absolute atomic E-state index is 10.9. The highest BCUT2D eigenvalue weighted by molar-refractivity contribution is 5.88. The van der Waals surface area contributed by atoms with Gasteiger partial charge in [-0.05, 0) is 48.4 Å². The Labute approximate surface area is 118 Å². The van der Waals surface area contributed by atoms with Crippen molar-refractivity contribution in [1.82, 2.24) is 0 Å². The molecular weight excluding hydrogens is 254 g/mol. The first-order valence-corrected chi connectivity index (χ1v) is 6.29. The first-order valence-electron chi connectivity index (χ1n) is 6.29. The minimum atomic E-state index is -0.915. The average molecular weight is 271 g/mol. The van der Waals surface area contributed by atoms with Gasteiger partial charge in [0.25, 0.3) is 0 Å². The van der Waals surface area contributed by atoms with E-state index in [1.807, 2.05) is 31.2 Å². The van der Waals surface area contributed by atoms with Crippen LogP contribution in [0.2, 0.25) is 0 Å². The van der Waals surface area contributed by atoms with E-state index in [2.05, 4.69) is 5.32 Å². The molecular formula is C16H17NO3. The lowest BCUT2D eigenvalue weighted by Gasteiger charge is -2.11. The zero-order chi connectivity index (χ0) is 14.5. The fraction of sp³-hybridized carbons (Fsp3) is 0.188. The summed E-state index contributed by atoms with van der Waals surface area (Å²) in [5.41, 5.74) is 4.11. The molecule has 0 aliphatic rings. The molecule has 0 atom stereocenters. The molecule has 2 rings (SSSR count). The van der Waals surface area contributed by atoms with Crippen LogP contribution in [-0.2, 0) is 11.3 Å². The first-order chi connectivity index (χ1) is 9.60. The highest BCUT2D eigenvalue weighted by atomic mass is 16.5. The standard InChI is InChI=1S/C16H17NO3/c1-11-8-13(16(18)19)6-7-15(11)17-14-5-3-4-12(9-14)10-20-2/h3-9,17H,10H2,1-2H3,(H,18,19). The molecule has 0 amide bonds. The van der Waals surface area contributed by atoms with E-state index in [-0.39, 0.29) is 0 Å².